The molecule has 1 aliphatic rings. The van der Waals surface area contributed by atoms with Gasteiger partial charge in [-0.25, -0.2) is 22.0 Å². The van der Waals surface area contributed by atoms with Crippen LogP contribution in [0.3, 0.4) is 0 Å². The van der Waals surface area contributed by atoms with Crippen LogP contribution < -0.4 is 5.32 Å². The minimum atomic E-state index is -2.12. The first-order chi connectivity index (χ1) is 7.04. The molecule has 0 radical (unpaired) electrons. The second kappa shape index (κ2) is 3.44. The Morgan fingerprint density at radius 3 is 1.53 bits per heavy atom. The molecule has 1 heterocycles. The van der Waals surface area contributed by atoms with E-state index < -0.39 is 40.7 Å². The molecule has 15 heavy (non-hydrogen) atoms. The van der Waals surface area contributed by atoms with E-state index in [-0.39, 0.29) is 0 Å². The fourth-order valence-corrected chi connectivity index (χ4v) is 1.46. The molecule has 0 spiro atoms. The van der Waals surface area contributed by atoms with Gasteiger partial charge in [-0.2, -0.15) is 0 Å². The molecule has 1 fully saturated rings. The molecule has 2 rings (SSSR count). The van der Waals surface area contributed by atoms with Crippen molar-refractivity contribution in [3.8, 4) is 0 Å². The van der Waals surface area contributed by atoms with Gasteiger partial charge in [0.05, 0.1) is 0 Å². The summed E-state index contributed by atoms with van der Waals surface area (Å²) in [4.78, 5) is 0. The monoisotopic (exact) mass is 223 g/mol. The molecule has 1 aliphatic heterocycles. The van der Waals surface area contributed by atoms with E-state index in [2.05, 4.69) is 5.32 Å². The highest BCUT2D eigenvalue weighted by molar-refractivity contribution is 5.28. The third kappa shape index (κ3) is 1.40. The van der Waals surface area contributed by atoms with Crippen LogP contribution in [0, 0.1) is 29.1 Å². The fraction of sp³-hybridized carbons (Fsp3) is 0.333. The van der Waals surface area contributed by atoms with Crippen LogP contribution in [0.15, 0.2) is 0 Å². The van der Waals surface area contributed by atoms with Crippen LogP contribution in [0.2, 0.25) is 0 Å². The Balaban J connectivity index is 2.62. The van der Waals surface area contributed by atoms with Gasteiger partial charge in [0, 0.05) is 11.6 Å². The zero-order valence-corrected chi connectivity index (χ0v) is 7.38. The number of benzene rings is 1. The molecule has 0 amide bonds. The van der Waals surface area contributed by atoms with Crippen molar-refractivity contribution >= 4 is 0 Å². The predicted molar refractivity (Wildman–Crippen MR) is 41.6 cm³/mol. The van der Waals surface area contributed by atoms with Crippen LogP contribution in [-0.4, -0.2) is 6.54 Å². The van der Waals surface area contributed by atoms with Crippen LogP contribution in [0.4, 0.5) is 22.0 Å². The molecule has 0 unspecified atom stereocenters. The molecule has 0 aromatic heterocycles. The molecule has 1 aromatic rings. The standard InChI is InChI=1S/C9H6F5N/c10-5-4(3-1-2-15-3)6(11)8(13)9(14)7(5)12/h3,15H,1-2H2/t3-/m0/s1. The molecule has 1 saturated heterocycles. The molecule has 82 valence electrons. The Morgan fingerprint density at radius 2 is 1.20 bits per heavy atom. The smallest absolute Gasteiger partial charge is 0.200 e. The van der Waals surface area contributed by atoms with Gasteiger partial charge in [0.1, 0.15) is 0 Å². The molecule has 1 N–H and O–H groups in total. The number of nitrogens with one attached hydrogen (secondary N) is 1. The van der Waals surface area contributed by atoms with Crippen LogP contribution in [0.1, 0.15) is 18.0 Å². The minimum Gasteiger partial charge on any atom is -0.310 e. The van der Waals surface area contributed by atoms with Crippen molar-refractivity contribution in [3.63, 3.8) is 0 Å². The maximum atomic E-state index is 13.1. The molecule has 0 saturated carbocycles. The third-order valence-electron chi connectivity index (χ3n) is 2.42. The quantitative estimate of drug-likeness (QED) is 0.438. The highest BCUT2D eigenvalue weighted by Gasteiger charge is 2.32. The van der Waals surface area contributed by atoms with Crippen molar-refractivity contribution in [1.82, 2.24) is 5.32 Å². The Kier molecular flexibility index (Phi) is 2.38. The van der Waals surface area contributed by atoms with E-state index in [4.69, 9.17) is 0 Å². The minimum absolute atomic E-state index is 0.359. The Bertz CT molecular complexity index is 384. The molecule has 0 bridgehead atoms. The van der Waals surface area contributed by atoms with Crippen LogP contribution in [0.5, 0.6) is 0 Å². The van der Waals surface area contributed by atoms with Crippen molar-refractivity contribution in [3.05, 3.63) is 34.6 Å². The zero-order valence-electron chi connectivity index (χ0n) is 7.38. The van der Waals surface area contributed by atoms with Crippen molar-refractivity contribution in [2.75, 3.05) is 6.54 Å². The van der Waals surface area contributed by atoms with Gasteiger partial charge in [-0.1, -0.05) is 0 Å². The second-order valence-electron chi connectivity index (χ2n) is 3.28. The summed E-state index contributed by atoms with van der Waals surface area (Å²) in [7, 11) is 0. The maximum absolute atomic E-state index is 13.1. The summed E-state index contributed by atoms with van der Waals surface area (Å²) in [6, 6.07) is -0.783. The van der Waals surface area contributed by atoms with Gasteiger partial charge >= 0.3 is 0 Å². The molecule has 0 aliphatic carbocycles. The van der Waals surface area contributed by atoms with Crippen molar-refractivity contribution in [2.24, 2.45) is 0 Å². The number of hydrogen-bond acceptors (Lipinski definition) is 1. The van der Waals surface area contributed by atoms with Gasteiger partial charge in [0.2, 0.25) is 5.82 Å². The summed E-state index contributed by atoms with van der Waals surface area (Å²) in [6.07, 6.45) is 0.359. The number of rotatable bonds is 1. The normalized spacial score (nSPS) is 20.2. The molecule has 1 atom stereocenters. The Hall–Kier alpha value is -1.17. The lowest BCUT2D eigenvalue weighted by molar-refractivity contribution is 0.319. The van der Waals surface area contributed by atoms with E-state index in [1.54, 1.807) is 0 Å². The lowest BCUT2D eigenvalue weighted by Crippen LogP contribution is -2.36. The highest BCUT2D eigenvalue weighted by atomic mass is 19.2. The number of hydrogen-bond donors (Lipinski definition) is 1. The van der Waals surface area contributed by atoms with Gasteiger partial charge < -0.3 is 5.32 Å². The highest BCUT2D eigenvalue weighted by Crippen LogP contribution is 2.31. The van der Waals surface area contributed by atoms with Gasteiger partial charge in [-0.15, -0.1) is 0 Å². The van der Waals surface area contributed by atoms with Crippen molar-refractivity contribution in [1.29, 1.82) is 0 Å². The van der Waals surface area contributed by atoms with E-state index in [1.807, 2.05) is 0 Å². The van der Waals surface area contributed by atoms with Crippen LogP contribution in [0.25, 0.3) is 0 Å². The Labute approximate surface area is 81.9 Å². The lowest BCUT2D eigenvalue weighted by atomic mass is 9.96. The predicted octanol–water partition coefficient (Wildman–Crippen LogP) is 2.42. The Morgan fingerprint density at radius 1 is 0.800 bits per heavy atom. The summed E-state index contributed by atoms with van der Waals surface area (Å²) < 4.78 is 64.3. The van der Waals surface area contributed by atoms with Gasteiger partial charge in [0.15, 0.2) is 23.3 Å². The summed E-state index contributed by atoms with van der Waals surface area (Å²) in [5.41, 5.74) is -0.766. The number of halogens is 5. The van der Waals surface area contributed by atoms with E-state index in [9.17, 15) is 22.0 Å². The first-order valence-corrected chi connectivity index (χ1v) is 4.28. The maximum Gasteiger partial charge on any atom is 0.200 e. The third-order valence-corrected chi connectivity index (χ3v) is 2.42. The lowest BCUT2D eigenvalue weighted by Gasteiger charge is -2.28. The summed E-state index contributed by atoms with van der Waals surface area (Å²) >= 11 is 0. The average Bonchev–Trinajstić information content (AvgIpc) is 2.15. The average molecular weight is 223 g/mol. The van der Waals surface area contributed by atoms with Gasteiger partial charge in [-0.3, -0.25) is 0 Å². The van der Waals surface area contributed by atoms with Crippen LogP contribution >= 0.6 is 0 Å². The summed E-state index contributed by atoms with van der Waals surface area (Å²) in [5, 5.41) is 2.58. The second-order valence-corrected chi connectivity index (χ2v) is 3.28. The summed E-state index contributed by atoms with van der Waals surface area (Å²) in [6.45, 7) is 0.504. The molecule has 1 nitrogen and oxygen atoms in total. The molecular weight excluding hydrogens is 217 g/mol. The molecule has 1 aromatic carbocycles. The van der Waals surface area contributed by atoms with E-state index >= 15 is 0 Å². The van der Waals surface area contributed by atoms with Gasteiger partial charge in [-0.05, 0) is 13.0 Å². The summed E-state index contributed by atoms with van der Waals surface area (Å²) in [5.74, 6) is -9.39. The zero-order chi connectivity index (χ0) is 11.2. The topological polar surface area (TPSA) is 12.0 Å². The van der Waals surface area contributed by atoms with Gasteiger partial charge in [0.25, 0.3) is 0 Å². The first-order valence-electron chi connectivity index (χ1n) is 4.28. The van der Waals surface area contributed by atoms with Crippen molar-refractivity contribution in [2.45, 2.75) is 12.5 Å². The van der Waals surface area contributed by atoms with E-state index in [0.29, 0.717) is 13.0 Å². The molecule has 6 heteroatoms. The SMILES string of the molecule is Fc1c(F)c(F)c([C@@H]2CCN2)c(F)c1F. The first kappa shape index (κ1) is 10.4. The van der Waals surface area contributed by atoms with E-state index in [0.717, 1.165) is 0 Å². The van der Waals surface area contributed by atoms with E-state index in [1.165, 1.54) is 0 Å². The van der Waals surface area contributed by atoms with Crippen LogP contribution in [-0.2, 0) is 0 Å². The largest absolute Gasteiger partial charge is 0.310 e. The molecular formula is C9H6F5N. The fourth-order valence-electron chi connectivity index (χ4n) is 1.46. The van der Waals surface area contributed by atoms with Crippen molar-refractivity contribution < 1.29 is 22.0 Å².